The van der Waals surface area contributed by atoms with Crippen LogP contribution in [0.4, 0.5) is 0 Å². The lowest BCUT2D eigenvalue weighted by Gasteiger charge is -2.33. The van der Waals surface area contributed by atoms with E-state index in [-0.39, 0.29) is 5.75 Å². The van der Waals surface area contributed by atoms with Crippen LogP contribution in [-0.2, 0) is 31.7 Å². The summed E-state index contributed by atoms with van der Waals surface area (Å²) in [4.78, 5) is 13.3. The molecule has 3 rings (SSSR count). The van der Waals surface area contributed by atoms with Crippen LogP contribution in [0.2, 0.25) is 0 Å². The number of aryl methyl sites for hydroxylation is 1. The van der Waals surface area contributed by atoms with Gasteiger partial charge in [0.2, 0.25) is 10.0 Å². The molecule has 1 aromatic heterocycles. The maximum Gasteiger partial charge on any atom is 0.328 e. The Morgan fingerprint density at radius 1 is 1.38 bits per heavy atom. The Morgan fingerprint density at radius 2 is 2.17 bits per heavy atom. The Labute approximate surface area is 145 Å². The highest BCUT2D eigenvalue weighted by atomic mass is 32.2. The highest BCUT2D eigenvalue weighted by molar-refractivity contribution is 7.88. The van der Waals surface area contributed by atoms with E-state index in [1.807, 2.05) is 36.6 Å². The van der Waals surface area contributed by atoms with Crippen molar-refractivity contribution in [1.82, 2.24) is 4.31 Å². The van der Waals surface area contributed by atoms with Crippen LogP contribution in [0.1, 0.15) is 27.6 Å². The molecule has 5 nitrogen and oxygen atoms in total. The van der Waals surface area contributed by atoms with Crippen molar-refractivity contribution >= 4 is 27.3 Å². The Bertz CT molecular complexity index is 857. The van der Waals surface area contributed by atoms with Crippen LogP contribution in [0.5, 0.6) is 0 Å². The molecule has 128 valence electrons. The Hall–Kier alpha value is -1.70. The highest BCUT2D eigenvalue weighted by Gasteiger charge is 2.41. The molecule has 2 aromatic rings. The van der Waals surface area contributed by atoms with Crippen LogP contribution in [0.25, 0.3) is 0 Å². The third kappa shape index (κ3) is 3.24. The van der Waals surface area contributed by atoms with E-state index in [1.165, 1.54) is 11.4 Å². The lowest BCUT2D eigenvalue weighted by atomic mass is 10.0. The van der Waals surface area contributed by atoms with Gasteiger partial charge in [0.25, 0.3) is 0 Å². The lowest BCUT2D eigenvalue weighted by molar-refractivity contribution is -0.145. The first kappa shape index (κ1) is 17.1. The molecule has 0 spiro atoms. The number of benzene rings is 1. The third-order valence-corrected chi connectivity index (χ3v) is 6.94. The molecule has 1 aliphatic heterocycles. The van der Waals surface area contributed by atoms with Crippen LogP contribution in [0, 0.1) is 6.92 Å². The number of sulfonamides is 1. The fourth-order valence-corrected chi connectivity index (χ4v) is 5.61. The van der Waals surface area contributed by atoms with Gasteiger partial charge >= 0.3 is 5.97 Å². The van der Waals surface area contributed by atoms with Crippen molar-refractivity contribution in [3.05, 3.63) is 57.3 Å². The van der Waals surface area contributed by atoms with E-state index in [4.69, 9.17) is 4.74 Å². The molecule has 0 fully saturated rings. The molecule has 0 amide bonds. The minimum absolute atomic E-state index is 0.123. The van der Waals surface area contributed by atoms with E-state index in [2.05, 4.69) is 0 Å². The average molecular weight is 365 g/mol. The summed E-state index contributed by atoms with van der Waals surface area (Å²) in [6.45, 7) is 2.22. The zero-order valence-corrected chi connectivity index (χ0v) is 15.2. The molecule has 0 radical (unpaired) electrons. The summed E-state index contributed by atoms with van der Waals surface area (Å²) in [7, 11) is -2.35. The molecule has 1 aliphatic rings. The van der Waals surface area contributed by atoms with Crippen LogP contribution in [0.3, 0.4) is 0 Å². The van der Waals surface area contributed by atoms with Crippen molar-refractivity contribution in [3.63, 3.8) is 0 Å². The summed E-state index contributed by atoms with van der Waals surface area (Å²) >= 11 is 1.55. The van der Waals surface area contributed by atoms with E-state index in [1.54, 1.807) is 17.4 Å². The number of fused-ring (bicyclic) bond motifs is 1. The van der Waals surface area contributed by atoms with E-state index >= 15 is 0 Å². The number of rotatable bonds is 4. The van der Waals surface area contributed by atoms with Crippen LogP contribution >= 0.6 is 11.3 Å². The van der Waals surface area contributed by atoms with Crippen molar-refractivity contribution in [2.24, 2.45) is 0 Å². The van der Waals surface area contributed by atoms with Gasteiger partial charge in [0, 0.05) is 11.4 Å². The minimum atomic E-state index is -3.64. The fourth-order valence-electron chi connectivity index (χ4n) is 3.04. The molecule has 7 heteroatoms. The zero-order chi connectivity index (χ0) is 17.3. The normalized spacial score (nSPS) is 18.2. The summed E-state index contributed by atoms with van der Waals surface area (Å²) in [6.07, 6.45) is 0.619. The molecule has 0 saturated carbocycles. The number of hydrogen-bond donors (Lipinski definition) is 0. The van der Waals surface area contributed by atoms with Gasteiger partial charge in [0.05, 0.1) is 12.9 Å². The van der Waals surface area contributed by atoms with E-state index in [0.717, 1.165) is 21.6 Å². The standard InChI is InChI=1S/C17H19NO4S2/c1-12-4-3-5-13(10-12)11-24(20,21)18-8-6-15-14(7-9-23-15)16(18)17(19)22-2/h3-5,7,9-10,16H,6,8,11H2,1-2H3. The van der Waals surface area contributed by atoms with Gasteiger partial charge < -0.3 is 4.74 Å². The van der Waals surface area contributed by atoms with Gasteiger partial charge in [-0.15, -0.1) is 11.3 Å². The van der Waals surface area contributed by atoms with Crippen molar-refractivity contribution in [2.45, 2.75) is 25.1 Å². The summed E-state index contributed by atoms with van der Waals surface area (Å²) in [5.74, 6) is -0.663. The van der Waals surface area contributed by atoms with Gasteiger partial charge in [-0.05, 0) is 35.9 Å². The fraction of sp³-hybridized carbons (Fsp3) is 0.353. The monoisotopic (exact) mass is 365 g/mol. The number of esters is 1. The average Bonchev–Trinajstić information content (AvgIpc) is 3.01. The number of thiophene rings is 1. The summed E-state index contributed by atoms with van der Waals surface area (Å²) in [5.41, 5.74) is 2.46. The maximum atomic E-state index is 13.0. The smallest absolute Gasteiger partial charge is 0.328 e. The molecular weight excluding hydrogens is 346 g/mol. The number of nitrogens with zero attached hydrogens (tertiary/aromatic N) is 1. The molecule has 2 heterocycles. The Morgan fingerprint density at radius 3 is 2.88 bits per heavy atom. The van der Waals surface area contributed by atoms with E-state index in [9.17, 15) is 13.2 Å². The van der Waals surface area contributed by atoms with Crippen LogP contribution in [0.15, 0.2) is 35.7 Å². The molecule has 24 heavy (non-hydrogen) atoms. The van der Waals surface area contributed by atoms with Crippen LogP contribution in [-0.4, -0.2) is 32.3 Å². The molecular formula is C17H19NO4S2. The Kier molecular flexibility index (Phi) is 4.76. The molecule has 1 atom stereocenters. The molecule has 0 N–H and O–H groups in total. The van der Waals surface area contributed by atoms with E-state index in [0.29, 0.717) is 13.0 Å². The second-order valence-electron chi connectivity index (χ2n) is 5.83. The van der Waals surface area contributed by atoms with Crippen molar-refractivity contribution in [3.8, 4) is 0 Å². The molecule has 1 aromatic carbocycles. The maximum absolute atomic E-state index is 13.0. The SMILES string of the molecule is COC(=O)C1c2ccsc2CCN1S(=O)(=O)Cc1cccc(C)c1. The number of carbonyl (C=O) groups is 1. The molecule has 0 aliphatic carbocycles. The van der Waals surface area contributed by atoms with Crippen LogP contribution < -0.4 is 0 Å². The first-order valence-corrected chi connectivity index (χ1v) is 10.1. The largest absolute Gasteiger partial charge is 0.468 e. The quantitative estimate of drug-likeness (QED) is 0.782. The predicted molar refractivity (Wildman–Crippen MR) is 93.3 cm³/mol. The van der Waals surface area contributed by atoms with E-state index < -0.39 is 22.0 Å². The molecule has 1 unspecified atom stereocenters. The van der Waals surface area contributed by atoms with Crippen molar-refractivity contribution in [1.29, 1.82) is 0 Å². The molecule has 0 saturated heterocycles. The first-order valence-electron chi connectivity index (χ1n) is 7.61. The summed E-state index contributed by atoms with van der Waals surface area (Å²) < 4.78 is 32.1. The third-order valence-electron chi connectivity index (χ3n) is 4.13. The van der Waals surface area contributed by atoms with Gasteiger partial charge in [-0.1, -0.05) is 29.8 Å². The summed E-state index contributed by atoms with van der Waals surface area (Å²) in [6, 6.07) is 8.33. The number of methoxy groups -OCH3 is 1. The number of carbonyl (C=O) groups excluding carboxylic acids is 1. The second kappa shape index (κ2) is 6.66. The number of hydrogen-bond acceptors (Lipinski definition) is 5. The van der Waals surface area contributed by atoms with Gasteiger partial charge in [0.15, 0.2) is 0 Å². The highest BCUT2D eigenvalue weighted by Crippen LogP contribution is 2.36. The topological polar surface area (TPSA) is 63.7 Å². The first-order chi connectivity index (χ1) is 11.4. The van der Waals surface area contributed by atoms with Gasteiger partial charge in [0.1, 0.15) is 6.04 Å². The number of ether oxygens (including phenoxy) is 1. The van der Waals surface area contributed by atoms with Gasteiger partial charge in [-0.3, -0.25) is 0 Å². The second-order valence-corrected chi connectivity index (χ2v) is 8.75. The lowest BCUT2D eigenvalue weighted by Crippen LogP contribution is -2.43. The summed E-state index contributed by atoms with van der Waals surface area (Å²) in [5, 5.41) is 1.89. The Balaban J connectivity index is 1.95. The zero-order valence-electron chi connectivity index (χ0n) is 13.6. The van der Waals surface area contributed by atoms with Gasteiger partial charge in [-0.25, -0.2) is 13.2 Å². The minimum Gasteiger partial charge on any atom is -0.468 e. The van der Waals surface area contributed by atoms with Gasteiger partial charge in [-0.2, -0.15) is 4.31 Å². The predicted octanol–water partition coefficient (Wildman–Crippen LogP) is 2.66. The molecule has 0 bridgehead atoms. The van der Waals surface area contributed by atoms with Crippen molar-refractivity contribution in [2.75, 3.05) is 13.7 Å². The van der Waals surface area contributed by atoms with Crippen molar-refractivity contribution < 1.29 is 17.9 Å².